The van der Waals surface area contributed by atoms with Crippen LogP contribution in [0.2, 0.25) is 0 Å². The predicted octanol–water partition coefficient (Wildman–Crippen LogP) is 2.81. The van der Waals surface area contributed by atoms with Crippen LogP contribution in [-0.2, 0) is 16.1 Å². The van der Waals surface area contributed by atoms with E-state index in [1.165, 1.54) is 0 Å². The fraction of sp³-hybridized carbons (Fsp3) is 0.364. The van der Waals surface area contributed by atoms with Crippen LogP contribution in [0, 0.1) is 20.8 Å². The number of methoxy groups -OCH3 is 1. The molecule has 0 atom stereocenters. The van der Waals surface area contributed by atoms with Gasteiger partial charge in [0.05, 0.1) is 20.2 Å². The smallest absolute Gasteiger partial charge is 0.238 e. The van der Waals surface area contributed by atoms with Gasteiger partial charge in [-0.05, 0) is 45.0 Å². The molecular weight excluding hydrogens is 354 g/mol. The molecule has 0 unspecified atom stereocenters. The fourth-order valence-electron chi connectivity index (χ4n) is 3.20. The number of likely N-dealkylation sites (N-methyl/N-ethyl adjacent to an activating group) is 1. The summed E-state index contributed by atoms with van der Waals surface area (Å²) < 4.78 is 5.28. The third-order valence-corrected chi connectivity index (χ3v) is 4.44. The maximum Gasteiger partial charge on any atom is 0.238 e. The molecule has 6 heteroatoms. The van der Waals surface area contributed by atoms with Gasteiger partial charge in [-0.25, -0.2) is 0 Å². The summed E-state index contributed by atoms with van der Waals surface area (Å²) in [6, 6.07) is 11.6. The van der Waals surface area contributed by atoms with Crippen molar-refractivity contribution >= 4 is 17.5 Å². The number of carbonyl (C=O) groups is 2. The summed E-state index contributed by atoms with van der Waals surface area (Å²) >= 11 is 0. The molecule has 2 aromatic rings. The molecule has 2 aromatic carbocycles. The Morgan fingerprint density at radius 3 is 2.25 bits per heavy atom. The minimum absolute atomic E-state index is 0.133. The molecule has 6 nitrogen and oxygen atoms in total. The van der Waals surface area contributed by atoms with E-state index in [1.807, 2.05) is 57.2 Å². The molecule has 0 aliphatic heterocycles. The van der Waals surface area contributed by atoms with Gasteiger partial charge >= 0.3 is 0 Å². The third-order valence-electron chi connectivity index (χ3n) is 4.44. The summed E-state index contributed by atoms with van der Waals surface area (Å²) in [5, 5.41) is 5.81. The predicted molar refractivity (Wildman–Crippen MR) is 112 cm³/mol. The van der Waals surface area contributed by atoms with E-state index in [-0.39, 0.29) is 24.9 Å². The van der Waals surface area contributed by atoms with Gasteiger partial charge in [-0.1, -0.05) is 35.9 Å². The van der Waals surface area contributed by atoms with Gasteiger partial charge in [0, 0.05) is 17.8 Å². The molecule has 0 aliphatic rings. The normalized spacial score (nSPS) is 10.6. The first-order valence-corrected chi connectivity index (χ1v) is 9.25. The first-order valence-electron chi connectivity index (χ1n) is 9.25. The van der Waals surface area contributed by atoms with E-state index < -0.39 is 0 Å². The lowest BCUT2D eigenvalue weighted by molar-refractivity contribution is -0.123. The summed E-state index contributed by atoms with van der Waals surface area (Å²) in [6.45, 7) is 6.63. The van der Waals surface area contributed by atoms with Crippen LogP contribution in [0.25, 0.3) is 0 Å². The van der Waals surface area contributed by atoms with E-state index in [0.717, 1.165) is 33.7 Å². The highest BCUT2D eigenvalue weighted by Crippen LogP contribution is 2.21. The summed E-state index contributed by atoms with van der Waals surface area (Å²) in [4.78, 5) is 26.2. The maximum atomic E-state index is 12.4. The summed E-state index contributed by atoms with van der Waals surface area (Å²) in [7, 11) is 3.35. The van der Waals surface area contributed by atoms with Crippen LogP contribution in [0.1, 0.15) is 22.3 Å². The summed E-state index contributed by atoms with van der Waals surface area (Å²) in [5.41, 5.74) is 4.97. The number of benzene rings is 2. The minimum Gasteiger partial charge on any atom is -0.496 e. The van der Waals surface area contributed by atoms with E-state index in [1.54, 1.807) is 19.1 Å². The van der Waals surface area contributed by atoms with Gasteiger partial charge in [0.25, 0.3) is 0 Å². The highest BCUT2D eigenvalue weighted by Gasteiger charge is 2.13. The van der Waals surface area contributed by atoms with Crippen LogP contribution in [0.5, 0.6) is 5.75 Å². The van der Waals surface area contributed by atoms with E-state index >= 15 is 0 Å². The van der Waals surface area contributed by atoms with Crippen molar-refractivity contribution in [1.82, 2.24) is 10.2 Å². The molecule has 2 N–H and O–H groups in total. The number of amides is 2. The Morgan fingerprint density at radius 2 is 1.61 bits per heavy atom. The SMILES string of the molecule is COc1ccccc1CNC(=O)CN(C)CC(=O)Nc1c(C)cc(C)cc1C. The Balaban J connectivity index is 1.83. The molecule has 0 bridgehead atoms. The number of para-hydroxylation sites is 1. The molecule has 0 aromatic heterocycles. The Hall–Kier alpha value is -2.86. The third kappa shape index (κ3) is 6.09. The number of nitrogens with one attached hydrogen (secondary N) is 2. The van der Waals surface area contributed by atoms with Gasteiger partial charge in [-0.3, -0.25) is 14.5 Å². The van der Waals surface area contributed by atoms with Crippen molar-refractivity contribution in [3.63, 3.8) is 0 Å². The lowest BCUT2D eigenvalue weighted by Gasteiger charge is -2.18. The standard InChI is InChI=1S/C22H29N3O3/c1-15-10-16(2)22(17(3)11-15)24-21(27)14-25(4)13-20(26)23-12-18-8-6-7-9-19(18)28-5/h6-11H,12-14H2,1-5H3,(H,23,26)(H,24,27). The molecule has 2 amide bonds. The zero-order valence-electron chi connectivity index (χ0n) is 17.3. The molecule has 0 spiro atoms. The van der Waals surface area contributed by atoms with E-state index in [9.17, 15) is 9.59 Å². The van der Waals surface area contributed by atoms with E-state index in [0.29, 0.717) is 6.54 Å². The molecule has 0 heterocycles. The van der Waals surface area contributed by atoms with Crippen LogP contribution in [-0.4, -0.2) is 44.0 Å². The van der Waals surface area contributed by atoms with Crippen molar-refractivity contribution < 1.29 is 14.3 Å². The molecule has 0 radical (unpaired) electrons. The van der Waals surface area contributed by atoms with Crippen LogP contribution >= 0.6 is 0 Å². The fourth-order valence-corrected chi connectivity index (χ4v) is 3.20. The zero-order chi connectivity index (χ0) is 20.7. The Morgan fingerprint density at radius 1 is 1.00 bits per heavy atom. The molecule has 2 rings (SSSR count). The summed E-state index contributed by atoms with van der Waals surface area (Å²) in [6.07, 6.45) is 0. The number of carbonyl (C=O) groups excluding carboxylic acids is 2. The van der Waals surface area contributed by atoms with Crippen molar-refractivity contribution in [2.75, 3.05) is 32.6 Å². The Bertz CT molecular complexity index is 826. The Kier molecular flexibility index (Phi) is 7.58. The number of anilines is 1. The van der Waals surface area contributed by atoms with Crippen molar-refractivity contribution in [2.24, 2.45) is 0 Å². The number of ether oxygens (including phenoxy) is 1. The second kappa shape index (κ2) is 9.90. The topological polar surface area (TPSA) is 70.7 Å². The number of hydrogen-bond donors (Lipinski definition) is 2. The van der Waals surface area contributed by atoms with Crippen LogP contribution in [0.3, 0.4) is 0 Å². The largest absolute Gasteiger partial charge is 0.496 e. The second-order valence-corrected chi connectivity index (χ2v) is 7.08. The van der Waals surface area contributed by atoms with Gasteiger partial charge in [-0.15, -0.1) is 0 Å². The molecule has 0 saturated heterocycles. The summed E-state index contributed by atoms with van der Waals surface area (Å²) in [5.74, 6) is 0.443. The Labute approximate surface area is 166 Å². The van der Waals surface area contributed by atoms with Crippen LogP contribution in [0.4, 0.5) is 5.69 Å². The van der Waals surface area contributed by atoms with Gasteiger partial charge < -0.3 is 15.4 Å². The average molecular weight is 383 g/mol. The van der Waals surface area contributed by atoms with Gasteiger partial charge in [0.15, 0.2) is 0 Å². The zero-order valence-corrected chi connectivity index (χ0v) is 17.3. The highest BCUT2D eigenvalue weighted by molar-refractivity contribution is 5.94. The van der Waals surface area contributed by atoms with Crippen LogP contribution < -0.4 is 15.4 Å². The minimum atomic E-state index is -0.149. The lowest BCUT2D eigenvalue weighted by atomic mass is 10.1. The molecule has 28 heavy (non-hydrogen) atoms. The average Bonchev–Trinajstić information content (AvgIpc) is 2.63. The van der Waals surface area contributed by atoms with Gasteiger partial charge in [0.1, 0.15) is 5.75 Å². The molecule has 150 valence electrons. The van der Waals surface area contributed by atoms with Crippen molar-refractivity contribution in [1.29, 1.82) is 0 Å². The number of nitrogens with zero attached hydrogens (tertiary/aromatic N) is 1. The number of hydrogen-bond acceptors (Lipinski definition) is 4. The molecular formula is C22H29N3O3. The monoisotopic (exact) mass is 383 g/mol. The maximum absolute atomic E-state index is 12.4. The van der Waals surface area contributed by atoms with Crippen molar-refractivity contribution in [3.05, 3.63) is 58.7 Å². The number of rotatable bonds is 8. The highest BCUT2D eigenvalue weighted by atomic mass is 16.5. The quantitative estimate of drug-likeness (QED) is 0.735. The van der Waals surface area contributed by atoms with E-state index in [2.05, 4.69) is 10.6 Å². The first kappa shape index (κ1) is 21.4. The van der Waals surface area contributed by atoms with Crippen molar-refractivity contribution in [2.45, 2.75) is 27.3 Å². The van der Waals surface area contributed by atoms with Crippen LogP contribution in [0.15, 0.2) is 36.4 Å². The van der Waals surface area contributed by atoms with Gasteiger partial charge in [-0.2, -0.15) is 0 Å². The first-order chi connectivity index (χ1) is 13.3. The molecule has 0 saturated carbocycles. The van der Waals surface area contributed by atoms with Crippen molar-refractivity contribution in [3.8, 4) is 5.75 Å². The second-order valence-electron chi connectivity index (χ2n) is 7.08. The lowest BCUT2D eigenvalue weighted by Crippen LogP contribution is -2.38. The van der Waals surface area contributed by atoms with Gasteiger partial charge in [0.2, 0.25) is 11.8 Å². The molecule has 0 fully saturated rings. The molecule has 0 aliphatic carbocycles. The van der Waals surface area contributed by atoms with E-state index in [4.69, 9.17) is 4.74 Å². The number of aryl methyl sites for hydroxylation is 3.